The Balaban J connectivity index is 2.58. The van der Waals surface area contributed by atoms with Crippen molar-refractivity contribution in [3.05, 3.63) is 0 Å². The van der Waals surface area contributed by atoms with Crippen LogP contribution in [0.25, 0.3) is 0 Å². The topological polar surface area (TPSA) is 58.7 Å². The van der Waals surface area contributed by atoms with Gasteiger partial charge in [-0.25, -0.2) is 0 Å². The van der Waals surface area contributed by atoms with Crippen LogP contribution in [0.1, 0.15) is 33.6 Å². The molecule has 0 aromatic rings. The van der Waals surface area contributed by atoms with Crippen LogP contribution in [0.4, 0.5) is 0 Å². The van der Waals surface area contributed by atoms with Gasteiger partial charge in [-0.1, -0.05) is 6.92 Å². The molecule has 1 aliphatic heterocycles. The monoisotopic (exact) mass is 244 g/mol. The molecule has 102 valence electrons. The first-order chi connectivity index (χ1) is 7.91. The Morgan fingerprint density at radius 2 is 2.18 bits per heavy atom. The Morgan fingerprint density at radius 3 is 2.59 bits per heavy atom. The summed E-state index contributed by atoms with van der Waals surface area (Å²) in [4.78, 5) is 2.28. The van der Waals surface area contributed by atoms with E-state index in [0.29, 0.717) is 13.1 Å². The summed E-state index contributed by atoms with van der Waals surface area (Å²) < 4.78 is 5.58. The van der Waals surface area contributed by atoms with Crippen molar-refractivity contribution < 1.29 is 9.84 Å². The smallest absolute Gasteiger partial charge is 0.0718 e. The van der Waals surface area contributed by atoms with E-state index in [1.165, 1.54) is 0 Å². The number of hydrogen-bond acceptors (Lipinski definition) is 4. The lowest BCUT2D eigenvalue weighted by molar-refractivity contribution is -0.0363. The van der Waals surface area contributed by atoms with Crippen LogP contribution < -0.4 is 5.73 Å². The number of ether oxygens (including phenoxy) is 1. The second kappa shape index (κ2) is 6.14. The minimum Gasteiger partial charge on any atom is -0.389 e. The summed E-state index contributed by atoms with van der Waals surface area (Å²) in [5.41, 5.74) is 5.37. The first kappa shape index (κ1) is 14.9. The Kier molecular flexibility index (Phi) is 5.38. The maximum absolute atomic E-state index is 9.90. The lowest BCUT2D eigenvalue weighted by Gasteiger charge is -2.41. The molecule has 1 fully saturated rings. The molecule has 0 spiro atoms. The number of hydrogen-bond donors (Lipinski definition) is 2. The standard InChI is InChI=1S/C13H28N2O2/c1-4-15(9-12(2,3)16)10-13(8-14)6-5-7-17-11-13/h16H,4-11,14H2,1-3H3. The molecule has 3 N–H and O–H groups in total. The van der Waals surface area contributed by atoms with Gasteiger partial charge in [0, 0.05) is 31.7 Å². The van der Waals surface area contributed by atoms with E-state index in [-0.39, 0.29) is 5.41 Å². The van der Waals surface area contributed by atoms with E-state index >= 15 is 0 Å². The number of rotatable bonds is 6. The molecule has 4 nitrogen and oxygen atoms in total. The van der Waals surface area contributed by atoms with Crippen LogP contribution >= 0.6 is 0 Å². The van der Waals surface area contributed by atoms with Crippen LogP contribution in [0, 0.1) is 5.41 Å². The van der Waals surface area contributed by atoms with Crippen molar-refractivity contribution in [2.24, 2.45) is 11.1 Å². The van der Waals surface area contributed by atoms with Crippen LogP contribution in [0.2, 0.25) is 0 Å². The highest BCUT2D eigenvalue weighted by atomic mass is 16.5. The average Bonchev–Trinajstić information content (AvgIpc) is 2.27. The predicted octanol–water partition coefficient (Wildman–Crippen LogP) is 0.835. The first-order valence-corrected chi connectivity index (χ1v) is 6.63. The molecule has 0 bridgehead atoms. The van der Waals surface area contributed by atoms with Crippen molar-refractivity contribution in [1.29, 1.82) is 0 Å². The van der Waals surface area contributed by atoms with Gasteiger partial charge < -0.3 is 20.5 Å². The maximum atomic E-state index is 9.90. The van der Waals surface area contributed by atoms with Gasteiger partial charge in [-0.3, -0.25) is 0 Å². The molecule has 1 aliphatic rings. The molecule has 0 aromatic carbocycles. The fourth-order valence-corrected chi connectivity index (χ4v) is 2.56. The molecule has 0 aliphatic carbocycles. The van der Waals surface area contributed by atoms with Gasteiger partial charge >= 0.3 is 0 Å². The minimum atomic E-state index is -0.651. The molecule has 4 heteroatoms. The minimum absolute atomic E-state index is 0.0828. The molecule has 0 radical (unpaired) electrons. The fourth-order valence-electron chi connectivity index (χ4n) is 2.56. The highest BCUT2D eigenvalue weighted by molar-refractivity contribution is 4.87. The molecule has 1 saturated heterocycles. The Labute approximate surface area is 105 Å². The Morgan fingerprint density at radius 1 is 1.47 bits per heavy atom. The van der Waals surface area contributed by atoms with Crippen molar-refractivity contribution in [2.75, 3.05) is 39.4 Å². The lowest BCUT2D eigenvalue weighted by Crippen LogP contribution is -2.50. The molecule has 1 heterocycles. The van der Waals surface area contributed by atoms with Gasteiger partial charge in [0.25, 0.3) is 0 Å². The van der Waals surface area contributed by atoms with Crippen molar-refractivity contribution >= 4 is 0 Å². The third-order valence-corrected chi connectivity index (χ3v) is 3.45. The second-order valence-corrected chi connectivity index (χ2v) is 5.98. The molecule has 0 amide bonds. The molecule has 1 unspecified atom stereocenters. The van der Waals surface area contributed by atoms with E-state index < -0.39 is 5.60 Å². The van der Waals surface area contributed by atoms with Gasteiger partial charge in [-0.05, 0) is 33.2 Å². The average molecular weight is 244 g/mol. The van der Waals surface area contributed by atoms with E-state index in [0.717, 1.165) is 39.1 Å². The normalized spacial score (nSPS) is 26.5. The highest BCUT2D eigenvalue weighted by Crippen LogP contribution is 2.29. The predicted molar refractivity (Wildman–Crippen MR) is 70.0 cm³/mol. The fraction of sp³-hybridized carbons (Fsp3) is 1.00. The molecular weight excluding hydrogens is 216 g/mol. The zero-order valence-electron chi connectivity index (χ0n) is 11.5. The Hall–Kier alpha value is -0.160. The van der Waals surface area contributed by atoms with Gasteiger partial charge in [0.05, 0.1) is 12.2 Å². The van der Waals surface area contributed by atoms with Crippen LogP contribution in [-0.4, -0.2) is 55.0 Å². The van der Waals surface area contributed by atoms with Gasteiger partial charge in [-0.2, -0.15) is 0 Å². The summed E-state index contributed by atoms with van der Waals surface area (Å²) in [6.07, 6.45) is 2.23. The third kappa shape index (κ3) is 4.92. The molecule has 1 atom stereocenters. The van der Waals surface area contributed by atoms with Crippen molar-refractivity contribution in [2.45, 2.75) is 39.2 Å². The molecule has 0 saturated carbocycles. The second-order valence-electron chi connectivity index (χ2n) is 5.98. The van der Waals surface area contributed by atoms with Gasteiger partial charge in [0.2, 0.25) is 0 Å². The van der Waals surface area contributed by atoms with E-state index in [4.69, 9.17) is 10.5 Å². The number of nitrogens with zero attached hydrogens (tertiary/aromatic N) is 1. The summed E-state index contributed by atoms with van der Waals surface area (Å²) in [5, 5.41) is 9.90. The van der Waals surface area contributed by atoms with Crippen LogP contribution in [0.5, 0.6) is 0 Å². The van der Waals surface area contributed by atoms with E-state index in [2.05, 4.69) is 11.8 Å². The molecule has 0 aromatic heterocycles. The van der Waals surface area contributed by atoms with Crippen molar-refractivity contribution in [3.63, 3.8) is 0 Å². The summed E-state index contributed by atoms with van der Waals surface area (Å²) in [7, 11) is 0. The highest BCUT2D eigenvalue weighted by Gasteiger charge is 2.34. The number of likely N-dealkylation sites (N-methyl/N-ethyl adjacent to an activating group) is 1. The van der Waals surface area contributed by atoms with Gasteiger partial charge in [0.1, 0.15) is 0 Å². The number of aliphatic hydroxyl groups is 1. The van der Waals surface area contributed by atoms with Crippen molar-refractivity contribution in [3.8, 4) is 0 Å². The third-order valence-electron chi connectivity index (χ3n) is 3.45. The first-order valence-electron chi connectivity index (χ1n) is 6.63. The lowest BCUT2D eigenvalue weighted by atomic mass is 9.82. The summed E-state index contributed by atoms with van der Waals surface area (Å²) in [6, 6.07) is 0. The maximum Gasteiger partial charge on any atom is 0.0718 e. The quantitative estimate of drug-likeness (QED) is 0.727. The summed E-state index contributed by atoms with van der Waals surface area (Å²) >= 11 is 0. The van der Waals surface area contributed by atoms with Crippen LogP contribution in [-0.2, 0) is 4.74 Å². The van der Waals surface area contributed by atoms with Crippen LogP contribution in [0.15, 0.2) is 0 Å². The summed E-state index contributed by atoms with van der Waals surface area (Å²) in [6.45, 7) is 10.6. The van der Waals surface area contributed by atoms with Crippen molar-refractivity contribution in [1.82, 2.24) is 4.90 Å². The van der Waals surface area contributed by atoms with E-state index in [9.17, 15) is 5.11 Å². The summed E-state index contributed by atoms with van der Waals surface area (Å²) in [5.74, 6) is 0. The number of nitrogens with two attached hydrogens (primary N) is 1. The van der Waals surface area contributed by atoms with Gasteiger partial charge in [0.15, 0.2) is 0 Å². The molecule has 17 heavy (non-hydrogen) atoms. The van der Waals surface area contributed by atoms with Crippen LogP contribution in [0.3, 0.4) is 0 Å². The zero-order valence-corrected chi connectivity index (χ0v) is 11.5. The zero-order chi connectivity index (χ0) is 12.9. The molecule has 1 rings (SSSR count). The van der Waals surface area contributed by atoms with E-state index in [1.54, 1.807) is 0 Å². The van der Waals surface area contributed by atoms with E-state index in [1.807, 2.05) is 13.8 Å². The SMILES string of the molecule is CCN(CC(C)(C)O)CC1(CN)CCCOC1. The molecular formula is C13H28N2O2. The van der Waals surface area contributed by atoms with Gasteiger partial charge in [-0.15, -0.1) is 0 Å². The Bertz CT molecular complexity index is 220. The largest absolute Gasteiger partial charge is 0.389 e.